The van der Waals surface area contributed by atoms with Crippen molar-refractivity contribution in [3.8, 4) is 11.5 Å². The molecule has 0 spiro atoms. The van der Waals surface area contributed by atoms with Crippen LogP contribution in [0.5, 0.6) is 11.5 Å². The number of amides is 1. The highest BCUT2D eigenvalue weighted by Gasteiger charge is 2.66. The van der Waals surface area contributed by atoms with E-state index in [1.165, 1.54) is 7.11 Å². The SMILES string of the molecule is COC(=O)[C@]1(O)C[C@@H]2O[C@@]1(C)n1c3ccccc3c3c4c(c5c6ccccc6n2c5c31)C(=O)N(Cc1ccc(OC)c(OC)c1)C4. The van der Waals surface area contributed by atoms with Crippen LogP contribution in [0, 0.1) is 0 Å². The normalized spacial score (nSPS) is 23.2. The maximum absolute atomic E-state index is 14.6. The van der Waals surface area contributed by atoms with Crippen molar-refractivity contribution >= 4 is 55.5 Å². The Morgan fingerprint density at radius 3 is 2.35 bits per heavy atom. The molecule has 1 fully saturated rings. The minimum atomic E-state index is -1.98. The summed E-state index contributed by atoms with van der Waals surface area (Å²) in [6, 6.07) is 21.6. The first-order valence-electron chi connectivity index (χ1n) is 15.3. The van der Waals surface area contributed by atoms with Crippen LogP contribution in [0.15, 0.2) is 66.7 Å². The van der Waals surface area contributed by atoms with Gasteiger partial charge < -0.3 is 38.1 Å². The molecule has 3 aliphatic heterocycles. The van der Waals surface area contributed by atoms with Gasteiger partial charge >= 0.3 is 5.97 Å². The number of aliphatic hydroxyl groups is 1. The van der Waals surface area contributed by atoms with Crippen LogP contribution >= 0.6 is 0 Å². The lowest BCUT2D eigenvalue weighted by Crippen LogP contribution is -2.56. The lowest BCUT2D eigenvalue weighted by atomic mass is 9.88. The van der Waals surface area contributed by atoms with Crippen LogP contribution in [0.25, 0.3) is 43.6 Å². The second kappa shape index (κ2) is 9.02. The van der Waals surface area contributed by atoms with Crippen molar-refractivity contribution in [1.82, 2.24) is 14.0 Å². The molecular weight excluding hydrogens is 586 g/mol. The van der Waals surface area contributed by atoms with Gasteiger partial charge in [-0.25, -0.2) is 4.79 Å². The first-order chi connectivity index (χ1) is 22.3. The number of esters is 1. The molecular formula is C36H31N3O7. The lowest BCUT2D eigenvalue weighted by molar-refractivity contribution is -0.202. The molecule has 4 aromatic carbocycles. The molecule has 3 atom stereocenters. The number of carbonyl (C=O) groups is 2. The van der Waals surface area contributed by atoms with E-state index in [0.29, 0.717) is 30.2 Å². The highest BCUT2D eigenvalue weighted by molar-refractivity contribution is 6.31. The van der Waals surface area contributed by atoms with Gasteiger partial charge in [0.1, 0.15) is 6.23 Å². The van der Waals surface area contributed by atoms with Crippen LogP contribution in [0.3, 0.4) is 0 Å². The van der Waals surface area contributed by atoms with Crippen LogP contribution in [0.1, 0.15) is 41.1 Å². The van der Waals surface area contributed by atoms with Crippen LogP contribution in [0.4, 0.5) is 0 Å². The topological polar surface area (TPSA) is 104 Å². The highest BCUT2D eigenvalue weighted by atomic mass is 16.6. The summed E-state index contributed by atoms with van der Waals surface area (Å²) in [5.41, 5.74) is 2.34. The predicted octanol–water partition coefficient (Wildman–Crippen LogP) is 5.58. The minimum absolute atomic E-state index is 0.0200. The van der Waals surface area contributed by atoms with Crippen molar-refractivity contribution in [3.63, 3.8) is 0 Å². The molecule has 0 aliphatic carbocycles. The fourth-order valence-electron chi connectivity index (χ4n) is 8.35. The second-order valence-electron chi connectivity index (χ2n) is 12.5. The van der Waals surface area contributed by atoms with Crippen molar-refractivity contribution in [2.24, 2.45) is 0 Å². The van der Waals surface area contributed by atoms with Gasteiger partial charge in [0, 0.05) is 41.1 Å². The largest absolute Gasteiger partial charge is 0.493 e. The van der Waals surface area contributed by atoms with E-state index in [4.69, 9.17) is 18.9 Å². The summed E-state index contributed by atoms with van der Waals surface area (Å²) in [5.74, 6) is 0.415. The van der Waals surface area contributed by atoms with Gasteiger partial charge in [-0.3, -0.25) is 4.79 Å². The number of benzene rings is 4. The molecule has 5 heterocycles. The number of carbonyl (C=O) groups excluding carboxylic acids is 2. The quantitative estimate of drug-likeness (QED) is 0.252. The van der Waals surface area contributed by atoms with E-state index in [0.717, 1.165) is 54.7 Å². The van der Waals surface area contributed by atoms with Crippen molar-refractivity contribution in [1.29, 1.82) is 0 Å². The Labute approximate surface area is 263 Å². The van der Waals surface area contributed by atoms with Crippen LogP contribution in [-0.4, -0.2) is 57.9 Å². The third-order valence-corrected chi connectivity index (χ3v) is 10.4. The molecule has 3 aliphatic rings. The molecule has 0 saturated carbocycles. The first kappa shape index (κ1) is 27.3. The molecule has 10 heteroatoms. The van der Waals surface area contributed by atoms with Crippen LogP contribution < -0.4 is 9.47 Å². The van der Waals surface area contributed by atoms with Crippen molar-refractivity contribution in [3.05, 3.63) is 83.4 Å². The average Bonchev–Trinajstić information content (AvgIpc) is 3.75. The van der Waals surface area contributed by atoms with Crippen LogP contribution in [0.2, 0.25) is 0 Å². The summed E-state index contributed by atoms with van der Waals surface area (Å²) in [4.78, 5) is 29.9. The van der Waals surface area contributed by atoms with Crippen LogP contribution in [-0.2, 0) is 33.1 Å². The Hall–Kier alpha value is -5.06. The molecule has 9 rings (SSSR count). The number of methoxy groups -OCH3 is 3. The zero-order chi connectivity index (χ0) is 31.7. The monoisotopic (exact) mass is 617 g/mol. The fourth-order valence-corrected chi connectivity index (χ4v) is 8.35. The van der Waals surface area contributed by atoms with Gasteiger partial charge in [0.15, 0.2) is 17.2 Å². The Bertz CT molecular complexity index is 2340. The average molecular weight is 618 g/mol. The Morgan fingerprint density at radius 1 is 0.935 bits per heavy atom. The fraction of sp³-hybridized carbons (Fsp3) is 0.278. The van der Waals surface area contributed by atoms with Gasteiger partial charge in [0.25, 0.3) is 5.91 Å². The molecule has 232 valence electrons. The predicted molar refractivity (Wildman–Crippen MR) is 171 cm³/mol. The molecule has 1 saturated heterocycles. The van der Waals surface area contributed by atoms with Gasteiger partial charge in [-0.05, 0) is 42.3 Å². The number of hydrogen-bond donors (Lipinski definition) is 1. The van der Waals surface area contributed by atoms with E-state index in [9.17, 15) is 14.7 Å². The van der Waals surface area contributed by atoms with Gasteiger partial charge in [-0.15, -0.1) is 0 Å². The molecule has 0 radical (unpaired) electrons. The lowest BCUT2D eigenvalue weighted by Gasteiger charge is -2.37. The van der Waals surface area contributed by atoms with E-state index in [1.807, 2.05) is 76.2 Å². The number of nitrogens with zero attached hydrogens (tertiary/aromatic N) is 3. The summed E-state index contributed by atoms with van der Waals surface area (Å²) in [6.45, 7) is 2.52. The molecule has 10 nitrogen and oxygen atoms in total. The van der Waals surface area contributed by atoms with E-state index in [-0.39, 0.29) is 12.3 Å². The first-order valence-corrected chi connectivity index (χ1v) is 15.3. The molecule has 46 heavy (non-hydrogen) atoms. The highest BCUT2D eigenvalue weighted by Crippen LogP contribution is 2.58. The number of para-hydroxylation sites is 2. The zero-order valence-corrected chi connectivity index (χ0v) is 25.8. The van der Waals surface area contributed by atoms with Gasteiger partial charge in [0.05, 0.1) is 49.0 Å². The zero-order valence-electron chi connectivity index (χ0n) is 25.8. The molecule has 1 N–H and O–H groups in total. The van der Waals surface area contributed by atoms with Crippen molar-refractivity contribution in [2.45, 2.75) is 44.0 Å². The third kappa shape index (κ3) is 3.08. The summed E-state index contributed by atoms with van der Waals surface area (Å²) < 4.78 is 27.0. The maximum Gasteiger partial charge on any atom is 0.343 e. The number of aromatic nitrogens is 2. The standard InChI is InChI=1S/C36H31N3O7/c1-35-36(42,34(41)45-4)16-27(46-35)38-23-11-7-5-9-20(23)29-30-22(28-21-10-6-8-12-24(21)39(35)32(28)31(29)38)18-37(33(30)40)17-19-13-14-25(43-2)26(15-19)44-3/h5-15,27,42H,16-18H2,1-4H3/t27-,35+,36+/m0/s1. The Morgan fingerprint density at radius 2 is 1.63 bits per heavy atom. The van der Waals surface area contributed by atoms with Gasteiger partial charge in [-0.1, -0.05) is 42.5 Å². The molecule has 2 aromatic heterocycles. The smallest absolute Gasteiger partial charge is 0.343 e. The van der Waals surface area contributed by atoms with E-state index in [1.54, 1.807) is 21.1 Å². The minimum Gasteiger partial charge on any atom is -0.493 e. The van der Waals surface area contributed by atoms with E-state index in [2.05, 4.69) is 4.57 Å². The van der Waals surface area contributed by atoms with Crippen molar-refractivity contribution in [2.75, 3.05) is 21.3 Å². The number of rotatable bonds is 5. The number of fused-ring (bicyclic) bond motifs is 13. The van der Waals surface area contributed by atoms with Gasteiger partial charge in [0.2, 0.25) is 5.60 Å². The summed E-state index contributed by atoms with van der Waals surface area (Å²) in [6.07, 6.45) is -0.718. The number of hydrogen-bond acceptors (Lipinski definition) is 7. The molecule has 0 unspecified atom stereocenters. The third-order valence-electron chi connectivity index (χ3n) is 10.4. The summed E-state index contributed by atoms with van der Waals surface area (Å²) >= 11 is 0. The van der Waals surface area contributed by atoms with Crippen molar-refractivity contribution < 1.29 is 33.6 Å². The molecule has 1 amide bonds. The van der Waals surface area contributed by atoms with E-state index < -0.39 is 23.5 Å². The number of ether oxygens (including phenoxy) is 4. The summed E-state index contributed by atoms with van der Waals surface area (Å²) in [7, 11) is 4.48. The Kier molecular flexibility index (Phi) is 5.35. The second-order valence-corrected chi connectivity index (χ2v) is 12.5. The van der Waals surface area contributed by atoms with E-state index >= 15 is 0 Å². The maximum atomic E-state index is 14.6. The van der Waals surface area contributed by atoms with Gasteiger partial charge in [-0.2, -0.15) is 0 Å². The molecule has 6 aromatic rings. The molecule has 2 bridgehead atoms. The Balaban J connectivity index is 1.39. The summed E-state index contributed by atoms with van der Waals surface area (Å²) in [5, 5.41) is 15.8.